The highest BCUT2D eigenvalue weighted by Gasteiger charge is 2.27. The lowest BCUT2D eigenvalue weighted by Crippen LogP contribution is -2.43. The molecule has 6 nitrogen and oxygen atoms in total. The molecule has 0 bridgehead atoms. The van der Waals surface area contributed by atoms with Gasteiger partial charge in [0.15, 0.2) is 0 Å². The van der Waals surface area contributed by atoms with Gasteiger partial charge in [-0.2, -0.15) is 0 Å². The average molecular weight is 369 g/mol. The number of amides is 1. The molecule has 3 aromatic rings. The number of aromatic nitrogens is 3. The second kappa shape index (κ2) is 7.07. The summed E-state index contributed by atoms with van der Waals surface area (Å²) in [5.41, 5.74) is 3.28. The van der Waals surface area contributed by atoms with Crippen molar-refractivity contribution in [1.82, 2.24) is 19.9 Å². The Morgan fingerprint density at radius 1 is 1.35 bits per heavy atom. The minimum atomic E-state index is 0.0445. The average Bonchev–Trinajstić information content (AvgIpc) is 3.22. The van der Waals surface area contributed by atoms with Gasteiger partial charge in [0.25, 0.3) is 0 Å². The summed E-state index contributed by atoms with van der Waals surface area (Å²) in [6.07, 6.45) is 3.94. The Bertz CT molecular complexity index is 882. The van der Waals surface area contributed by atoms with E-state index in [1.54, 1.807) is 11.3 Å². The van der Waals surface area contributed by atoms with Gasteiger partial charge in [-0.25, -0.2) is 9.50 Å². The SMILES string of the molecule is CCNC(=O)C1CCCN(c2nn3cc(-c4ccc(C)cc4)nc3s2)C1. The van der Waals surface area contributed by atoms with Crippen molar-refractivity contribution in [3.05, 3.63) is 36.0 Å². The number of piperidine rings is 1. The number of aryl methyl sites for hydroxylation is 1. The summed E-state index contributed by atoms with van der Waals surface area (Å²) in [6, 6.07) is 8.36. The molecule has 136 valence electrons. The number of hydrogen-bond acceptors (Lipinski definition) is 5. The van der Waals surface area contributed by atoms with Crippen LogP contribution in [0.15, 0.2) is 30.5 Å². The van der Waals surface area contributed by atoms with Crippen LogP contribution in [-0.2, 0) is 4.79 Å². The Morgan fingerprint density at radius 2 is 2.15 bits per heavy atom. The van der Waals surface area contributed by atoms with Crippen molar-refractivity contribution in [1.29, 1.82) is 0 Å². The monoisotopic (exact) mass is 369 g/mol. The predicted molar refractivity (Wildman–Crippen MR) is 105 cm³/mol. The van der Waals surface area contributed by atoms with E-state index in [9.17, 15) is 4.79 Å². The number of hydrogen-bond donors (Lipinski definition) is 1. The van der Waals surface area contributed by atoms with E-state index in [1.165, 1.54) is 5.56 Å². The number of anilines is 1. The minimum Gasteiger partial charge on any atom is -0.356 e. The summed E-state index contributed by atoms with van der Waals surface area (Å²) in [5.74, 6) is 0.197. The maximum absolute atomic E-state index is 12.2. The van der Waals surface area contributed by atoms with Gasteiger partial charge in [0, 0.05) is 25.2 Å². The molecule has 0 radical (unpaired) electrons. The lowest BCUT2D eigenvalue weighted by Gasteiger charge is -2.31. The molecule has 1 N–H and O–H groups in total. The fourth-order valence-electron chi connectivity index (χ4n) is 3.36. The summed E-state index contributed by atoms with van der Waals surface area (Å²) < 4.78 is 1.85. The van der Waals surface area contributed by atoms with E-state index in [0.717, 1.165) is 47.3 Å². The van der Waals surface area contributed by atoms with Gasteiger partial charge in [-0.05, 0) is 26.7 Å². The number of carbonyl (C=O) groups is 1. The van der Waals surface area contributed by atoms with Crippen molar-refractivity contribution in [3.8, 4) is 11.3 Å². The van der Waals surface area contributed by atoms with E-state index in [2.05, 4.69) is 41.4 Å². The number of benzene rings is 1. The van der Waals surface area contributed by atoms with Crippen LogP contribution in [-0.4, -0.2) is 40.1 Å². The van der Waals surface area contributed by atoms with E-state index >= 15 is 0 Å². The molecule has 0 spiro atoms. The lowest BCUT2D eigenvalue weighted by molar-refractivity contribution is -0.125. The molecule has 1 aromatic carbocycles. The molecule has 1 fully saturated rings. The molecule has 1 amide bonds. The molecule has 1 unspecified atom stereocenters. The van der Waals surface area contributed by atoms with Crippen molar-refractivity contribution in [2.24, 2.45) is 5.92 Å². The molecule has 3 heterocycles. The highest BCUT2D eigenvalue weighted by Crippen LogP contribution is 2.29. The molecule has 0 saturated carbocycles. The summed E-state index contributed by atoms with van der Waals surface area (Å²) in [5, 5.41) is 8.59. The second-order valence-corrected chi connectivity index (χ2v) is 7.72. The van der Waals surface area contributed by atoms with Crippen LogP contribution in [0.2, 0.25) is 0 Å². The Kier molecular flexibility index (Phi) is 4.63. The fraction of sp³-hybridized carbons (Fsp3) is 0.421. The van der Waals surface area contributed by atoms with Crippen LogP contribution in [0.3, 0.4) is 0 Å². The predicted octanol–water partition coefficient (Wildman–Crippen LogP) is 3.12. The van der Waals surface area contributed by atoms with Gasteiger partial charge in [-0.1, -0.05) is 41.2 Å². The third-order valence-electron chi connectivity index (χ3n) is 4.79. The van der Waals surface area contributed by atoms with Crippen molar-refractivity contribution in [2.75, 3.05) is 24.5 Å². The van der Waals surface area contributed by atoms with Gasteiger partial charge < -0.3 is 10.2 Å². The van der Waals surface area contributed by atoms with Crippen LogP contribution in [0.4, 0.5) is 5.13 Å². The van der Waals surface area contributed by atoms with Gasteiger partial charge in [0.05, 0.1) is 17.8 Å². The number of imidazole rings is 1. The van der Waals surface area contributed by atoms with E-state index < -0.39 is 0 Å². The molecule has 1 saturated heterocycles. The van der Waals surface area contributed by atoms with Crippen LogP contribution in [0, 0.1) is 12.8 Å². The highest BCUT2D eigenvalue weighted by atomic mass is 32.1. The zero-order valence-corrected chi connectivity index (χ0v) is 15.9. The first kappa shape index (κ1) is 17.0. The van der Waals surface area contributed by atoms with Gasteiger partial charge in [0.1, 0.15) is 0 Å². The number of carbonyl (C=O) groups excluding carboxylic acids is 1. The second-order valence-electron chi connectivity index (χ2n) is 6.78. The molecule has 7 heteroatoms. The topological polar surface area (TPSA) is 62.5 Å². The van der Waals surface area contributed by atoms with E-state index in [-0.39, 0.29) is 11.8 Å². The summed E-state index contributed by atoms with van der Waals surface area (Å²) in [4.78, 5) is 20.0. The van der Waals surface area contributed by atoms with E-state index in [0.29, 0.717) is 6.54 Å². The standard InChI is InChI=1S/C19H23N5OS/c1-3-20-17(25)15-5-4-10-23(11-15)19-22-24-12-16(21-18(24)26-19)14-8-6-13(2)7-9-14/h6-9,12,15H,3-5,10-11H2,1-2H3,(H,20,25). The number of rotatable bonds is 4. The van der Waals surface area contributed by atoms with Crippen LogP contribution in [0.5, 0.6) is 0 Å². The minimum absolute atomic E-state index is 0.0445. The maximum Gasteiger partial charge on any atom is 0.224 e. The Balaban J connectivity index is 1.53. The molecule has 26 heavy (non-hydrogen) atoms. The fourth-order valence-corrected chi connectivity index (χ4v) is 4.28. The molecular weight excluding hydrogens is 346 g/mol. The summed E-state index contributed by atoms with van der Waals surface area (Å²) >= 11 is 1.58. The van der Waals surface area contributed by atoms with Crippen molar-refractivity contribution in [3.63, 3.8) is 0 Å². The molecule has 1 aliphatic rings. The number of fused-ring (bicyclic) bond motifs is 1. The number of nitrogens with zero attached hydrogens (tertiary/aromatic N) is 4. The van der Waals surface area contributed by atoms with Crippen LogP contribution in [0.25, 0.3) is 16.2 Å². The molecule has 4 rings (SSSR count). The number of nitrogens with one attached hydrogen (secondary N) is 1. The first-order valence-electron chi connectivity index (χ1n) is 9.10. The molecule has 0 aliphatic carbocycles. The molecule has 2 aromatic heterocycles. The summed E-state index contributed by atoms with van der Waals surface area (Å²) in [7, 11) is 0. The molecule has 1 aliphatic heterocycles. The van der Waals surface area contributed by atoms with Crippen LogP contribution >= 0.6 is 11.3 Å². The van der Waals surface area contributed by atoms with Crippen LogP contribution in [0.1, 0.15) is 25.3 Å². The largest absolute Gasteiger partial charge is 0.356 e. The van der Waals surface area contributed by atoms with Gasteiger partial charge in [-0.15, -0.1) is 5.10 Å². The van der Waals surface area contributed by atoms with Crippen molar-refractivity contribution < 1.29 is 4.79 Å². The van der Waals surface area contributed by atoms with Crippen molar-refractivity contribution >= 4 is 27.3 Å². The first-order valence-corrected chi connectivity index (χ1v) is 9.91. The smallest absolute Gasteiger partial charge is 0.224 e. The van der Waals surface area contributed by atoms with Gasteiger partial charge in [0.2, 0.25) is 16.0 Å². The zero-order chi connectivity index (χ0) is 18.1. The highest BCUT2D eigenvalue weighted by molar-refractivity contribution is 7.20. The third kappa shape index (κ3) is 3.31. The van der Waals surface area contributed by atoms with Crippen LogP contribution < -0.4 is 10.2 Å². The zero-order valence-electron chi connectivity index (χ0n) is 15.1. The van der Waals surface area contributed by atoms with E-state index in [4.69, 9.17) is 10.1 Å². The maximum atomic E-state index is 12.2. The quantitative estimate of drug-likeness (QED) is 0.767. The van der Waals surface area contributed by atoms with Gasteiger partial charge >= 0.3 is 0 Å². The Labute approximate surface area is 156 Å². The Morgan fingerprint density at radius 3 is 2.88 bits per heavy atom. The molecular formula is C19H23N5OS. The first-order chi connectivity index (χ1) is 12.6. The summed E-state index contributed by atoms with van der Waals surface area (Å²) in [6.45, 7) is 6.39. The van der Waals surface area contributed by atoms with Crippen molar-refractivity contribution in [2.45, 2.75) is 26.7 Å². The Hall–Kier alpha value is -2.41. The third-order valence-corrected chi connectivity index (χ3v) is 5.78. The normalized spacial score (nSPS) is 17.6. The van der Waals surface area contributed by atoms with E-state index in [1.807, 2.05) is 17.6 Å². The van der Waals surface area contributed by atoms with Gasteiger partial charge in [-0.3, -0.25) is 4.79 Å². The molecule has 1 atom stereocenters. The lowest BCUT2D eigenvalue weighted by atomic mass is 9.97.